The first kappa shape index (κ1) is 19.5. The molecule has 23 heavy (non-hydrogen) atoms. The van der Waals surface area contributed by atoms with E-state index >= 15 is 0 Å². The number of nitrogens with zero attached hydrogens (tertiary/aromatic N) is 3. The zero-order valence-corrected chi connectivity index (χ0v) is 14.6. The number of carbonyl (C=O) groups excluding carboxylic acids is 1. The van der Waals surface area contributed by atoms with Crippen LogP contribution in [0.15, 0.2) is 6.20 Å². The van der Waals surface area contributed by atoms with E-state index in [0.717, 1.165) is 0 Å². The first-order chi connectivity index (χ1) is 10.5. The van der Waals surface area contributed by atoms with E-state index in [2.05, 4.69) is 5.10 Å². The first-order valence-electron chi connectivity index (χ1n) is 7.43. The van der Waals surface area contributed by atoms with Crippen LogP contribution in [-0.4, -0.2) is 63.2 Å². The number of hydrogen-bond donors (Lipinski definition) is 2. The normalized spacial score (nSPS) is 12.9. The summed E-state index contributed by atoms with van der Waals surface area (Å²) in [6.07, 6.45) is 1.11. The molecule has 0 saturated carbocycles. The molecular formula is C14H26BN3O5. The van der Waals surface area contributed by atoms with Gasteiger partial charge in [-0.05, 0) is 27.7 Å². The van der Waals surface area contributed by atoms with Crippen molar-refractivity contribution in [1.29, 1.82) is 0 Å². The molecular weight excluding hydrogens is 301 g/mol. The van der Waals surface area contributed by atoms with Crippen LogP contribution in [0.2, 0.25) is 0 Å². The maximum Gasteiger partial charge on any atom is 0.492 e. The molecule has 0 saturated heterocycles. The lowest BCUT2D eigenvalue weighted by atomic mass is 9.81. The van der Waals surface area contributed by atoms with Crippen molar-refractivity contribution in [3.63, 3.8) is 0 Å². The number of rotatable bonds is 6. The summed E-state index contributed by atoms with van der Waals surface area (Å²) in [5.41, 5.74) is 0.210. The maximum atomic E-state index is 11.9. The maximum absolute atomic E-state index is 11.9. The molecule has 0 fully saturated rings. The molecule has 130 valence electrons. The van der Waals surface area contributed by atoms with E-state index < -0.39 is 18.8 Å². The fraction of sp³-hybridized carbons (Fsp3) is 0.714. The Morgan fingerprint density at radius 3 is 2.61 bits per heavy atom. The highest BCUT2D eigenvalue weighted by atomic mass is 16.6. The molecule has 8 nitrogen and oxygen atoms in total. The topological polar surface area (TPSA) is 97.0 Å². The second kappa shape index (κ2) is 7.80. The Hall–Kier alpha value is -1.58. The predicted octanol–water partition coefficient (Wildman–Crippen LogP) is -0.128. The molecule has 1 aromatic heterocycles. The van der Waals surface area contributed by atoms with Crippen LogP contribution in [-0.2, 0) is 23.1 Å². The zero-order chi connectivity index (χ0) is 17.8. The Morgan fingerprint density at radius 2 is 2.09 bits per heavy atom. The van der Waals surface area contributed by atoms with Gasteiger partial charge in [-0.3, -0.25) is 4.68 Å². The number of carbonyl (C=O) groups is 1. The number of amides is 1. The molecule has 0 aliphatic carbocycles. The van der Waals surface area contributed by atoms with E-state index in [4.69, 9.17) is 9.47 Å². The van der Waals surface area contributed by atoms with Gasteiger partial charge in [-0.2, -0.15) is 5.10 Å². The molecule has 0 spiro atoms. The van der Waals surface area contributed by atoms with Gasteiger partial charge in [0, 0.05) is 25.8 Å². The Balaban J connectivity index is 2.50. The van der Waals surface area contributed by atoms with E-state index in [1.54, 1.807) is 14.1 Å². The van der Waals surface area contributed by atoms with Crippen LogP contribution < -0.4 is 5.46 Å². The van der Waals surface area contributed by atoms with Gasteiger partial charge in [0.1, 0.15) is 5.60 Å². The molecule has 1 heterocycles. The minimum atomic E-state index is -1.59. The second-order valence-corrected chi connectivity index (χ2v) is 6.53. The molecule has 1 aromatic rings. The average molecular weight is 327 g/mol. The van der Waals surface area contributed by atoms with Crippen molar-refractivity contribution in [2.45, 2.75) is 45.9 Å². The minimum Gasteiger partial charge on any atom is -0.444 e. The zero-order valence-electron chi connectivity index (χ0n) is 14.6. The van der Waals surface area contributed by atoms with Gasteiger partial charge in [-0.1, -0.05) is 0 Å². The number of aryl methyl sites for hydroxylation is 1. The standard InChI is InChI=1S/C14H26BN3O5/c1-10(18(6)13(19)23-14(2,3)4)8-22-9-12-11(15(20)21)7-17(5)16-12/h7,10,20-21H,8-9H2,1-6H3/t10-/m1/s1. The van der Waals surface area contributed by atoms with Gasteiger partial charge in [0.25, 0.3) is 0 Å². The molecule has 1 rings (SSSR count). The molecule has 0 aliphatic rings. The van der Waals surface area contributed by atoms with Crippen molar-refractivity contribution in [2.24, 2.45) is 7.05 Å². The second-order valence-electron chi connectivity index (χ2n) is 6.53. The van der Waals surface area contributed by atoms with Gasteiger partial charge in [-0.15, -0.1) is 0 Å². The molecule has 1 atom stereocenters. The monoisotopic (exact) mass is 327 g/mol. The van der Waals surface area contributed by atoms with Crippen LogP contribution in [0.25, 0.3) is 0 Å². The fourth-order valence-corrected chi connectivity index (χ4v) is 1.83. The first-order valence-corrected chi connectivity index (χ1v) is 7.43. The van der Waals surface area contributed by atoms with Gasteiger partial charge >= 0.3 is 13.2 Å². The molecule has 0 radical (unpaired) electrons. The Morgan fingerprint density at radius 1 is 1.48 bits per heavy atom. The third kappa shape index (κ3) is 6.21. The Labute approximate surface area is 137 Å². The van der Waals surface area contributed by atoms with Gasteiger partial charge in [0.2, 0.25) is 0 Å². The molecule has 0 unspecified atom stereocenters. The molecule has 0 aromatic carbocycles. The third-order valence-corrected chi connectivity index (χ3v) is 3.16. The summed E-state index contributed by atoms with van der Waals surface area (Å²) in [5, 5.41) is 22.7. The van der Waals surface area contributed by atoms with Crippen LogP contribution in [0, 0.1) is 0 Å². The van der Waals surface area contributed by atoms with Gasteiger partial charge in [-0.25, -0.2) is 4.79 Å². The van der Waals surface area contributed by atoms with Crippen LogP contribution in [0.5, 0.6) is 0 Å². The van der Waals surface area contributed by atoms with Crippen molar-refractivity contribution in [3.8, 4) is 0 Å². The highest BCUT2D eigenvalue weighted by molar-refractivity contribution is 6.59. The van der Waals surface area contributed by atoms with Crippen molar-refractivity contribution in [1.82, 2.24) is 14.7 Å². The third-order valence-electron chi connectivity index (χ3n) is 3.16. The van der Waals surface area contributed by atoms with E-state index in [1.165, 1.54) is 15.8 Å². The number of hydrogen-bond acceptors (Lipinski definition) is 6. The summed E-state index contributed by atoms with van der Waals surface area (Å²) in [5.74, 6) is 0. The van der Waals surface area contributed by atoms with Crippen LogP contribution in [0.4, 0.5) is 4.79 Å². The van der Waals surface area contributed by atoms with E-state index in [0.29, 0.717) is 11.2 Å². The Bertz CT molecular complexity index is 527. The van der Waals surface area contributed by atoms with Crippen molar-refractivity contribution in [3.05, 3.63) is 11.9 Å². The number of ether oxygens (including phenoxy) is 2. The van der Waals surface area contributed by atoms with Crippen LogP contribution >= 0.6 is 0 Å². The van der Waals surface area contributed by atoms with Gasteiger partial charge in [0.15, 0.2) is 0 Å². The minimum absolute atomic E-state index is 0.125. The summed E-state index contributed by atoms with van der Waals surface area (Å²) in [6, 6.07) is -0.198. The van der Waals surface area contributed by atoms with Crippen LogP contribution in [0.3, 0.4) is 0 Å². The van der Waals surface area contributed by atoms with Gasteiger partial charge in [0.05, 0.1) is 24.9 Å². The molecule has 2 N–H and O–H groups in total. The summed E-state index contributed by atoms with van der Waals surface area (Å²) < 4.78 is 12.3. The number of likely N-dealkylation sites (N-methyl/N-ethyl adjacent to an activating group) is 1. The lowest BCUT2D eigenvalue weighted by molar-refractivity contribution is 0.00894. The SMILES string of the molecule is C[C@H](COCc1nn(C)cc1B(O)O)N(C)C(=O)OC(C)(C)C. The van der Waals surface area contributed by atoms with Crippen molar-refractivity contribution < 1.29 is 24.3 Å². The molecule has 9 heteroatoms. The Kier molecular flexibility index (Phi) is 6.61. The van der Waals surface area contributed by atoms with E-state index in [-0.39, 0.29) is 19.3 Å². The predicted molar refractivity (Wildman–Crippen MR) is 86.1 cm³/mol. The lowest BCUT2D eigenvalue weighted by Gasteiger charge is -2.28. The average Bonchev–Trinajstić information content (AvgIpc) is 2.77. The quantitative estimate of drug-likeness (QED) is 0.707. The van der Waals surface area contributed by atoms with Gasteiger partial charge < -0.3 is 24.4 Å². The highest BCUT2D eigenvalue weighted by Crippen LogP contribution is 2.11. The van der Waals surface area contributed by atoms with E-state index in [9.17, 15) is 14.8 Å². The molecule has 0 aliphatic heterocycles. The van der Waals surface area contributed by atoms with E-state index in [1.807, 2.05) is 27.7 Å². The molecule has 1 amide bonds. The lowest BCUT2D eigenvalue weighted by Crippen LogP contribution is -2.41. The van der Waals surface area contributed by atoms with Crippen LogP contribution in [0.1, 0.15) is 33.4 Å². The summed E-state index contributed by atoms with van der Waals surface area (Å²) in [7, 11) is 1.74. The fourth-order valence-electron chi connectivity index (χ4n) is 1.83. The van der Waals surface area contributed by atoms with Crippen molar-refractivity contribution >= 4 is 18.7 Å². The highest BCUT2D eigenvalue weighted by Gasteiger charge is 2.24. The van der Waals surface area contributed by atoms with Crippen molar-refractivity contribution in [2.75, 3.05) is 13.7 Å². The summed E-state index contributed by atoms with van der Waals surface area (Å²) >= 11 is 0. The largest absolute Gasteiger partial charge is 0.492 e. The molecule has 0 bridgehead atoms. The number of aromatic nitrogens is 2. The smallest absolute Gasteiger partial charge is 0.444 e. The summed E-state index contributed by atoms with van der Waals surface area (Å²) in [6.45, 7) is 7.66. The summed E-state index contributed by atoms with van der Waals surface area (Å²) in [4.78, 5) is 13.4.